The van der Waals surface area contributed by atoms with Crippen LogP contribution in [0.15, 0.2) is 47.0 Å². The summed E-state index contributed by atoms with van der Waals surface area (Å²) in [6.45, 7) is 4.17. The van der Waals surface area contributed by atoms with E-state index in [0.29, 0.717) is 23.2 Å². The van der Waals surface area contributed by atoms with Gasteiger partial charge in [0.25, 0.3) is 5.91 Å². The number of carbonyl (C=O) groups excluding carboxylic acids is 1. The highest BCUT2D eigenvalue weighted by Gasteiger charge is 2.27. The van der Waals surface area contributed by atoms with Crippen LogP contribution >= 0.6 is 0 Å². The quantitative estimate of drug-likeness (QED) is 0.689. The number of aromatic nitrogens is 1. The molecule has 1 aliphatic heterocycles. The van der Waals surface area contributed by atoms with Crippen LogP contribution in [0.5, 0.6) is 0 Å². The average Bonchev–Trinajstić information content (AvgIpc) is 2.75. The van der Waals surface area contributed by atoms with Crippen molar-refractivity contribution in [3.63, 3.8) is 0 Å². The number of nitrogens with zero attached hydrogens (tertiary/aromatic N) is 2. The minimum absolute atomic E-state index is 0.209. The van der Waals surface area contributed by atoms with E-state index in [2.05, 4.69) is 16.9 Å². The first-order valence-corrected chi connectivity index (χ1v) is 11.1. The van der Waals surface area contributed by atoms with Crippen LogP contribution in [0.2, 0.25) is 0 Å². The van der Waals surface area contributed by atoms with Crippen molar-refractivity contribution in [3.8, 4) is 0 Å². The van der Waals surface area contributed by atoms with Gasteiger partial charge in [0.05, 0.1) is 11.9 Å². The van der Waals surface area contributed by atoms with Gasteiger partial charge in [-0.15, -0.1) is 0 Å². The Morgan fingerprint density at radius 1 is 1.07 bits per heavy atom. The molecule has 29 heavy (non-hydrogen) atoms. The van der Waals surface area contributed by atoms with Gasteiger partial charge in [0.2, 0.25) is 0 Å². The Labute approximate surface area is 173 Å². The molecule has 1 atom stereocenters. The number of pyridine rings is 1. The molecule has 3 N–H and O–H groups in total. The van der Waals surface area contributed by atoms with Crippen LogP contribution in [-0.2, 0) is 4.79 Å². The maximum Gasteiger partial charge on any atom is 0.276 e. The molecule has 2 aliphatic carbocycles. The van der Waals surface area contributed by atoms with Crippen molar-refractivity contribution in [2.75, 3.05) is 5.32 Å². The number of rotatable bonds is 4. The molecule has 2 fully saturated rings. The average molecular weight is 393 g/mol. The van der Waals surface area contributed by atoms with Crippen LogP contribution in [0.4, 0.5) is 5.69 Å². The number of hydrogen-bond donors (Lipinski definition) is 2. The van der Waals surface area contributed by atoms with Gasteiger partial charge in [0.1, 0.15) is 5.70 Å². The van der Waals surface area contributed by atoms with Crippen LogP contribution in [0.3, 0.4) is 0 Å². The van der Waals surface area contributed by atoms with Crippen LogP contribution < -0.4 is 11.1 Å². The second kappa shape index (κ2) is 8.93. The molecule has 2 heterocycles. The summed E-state index contributed by atoms with van der Waals surface area (Å²) in [5.74, 6) is 0.690. The lowest BCUT2D eigenvalue weighted by molar-refractivity contribution is -0.113. The number of allylic oxidation sites excluding steroid dienone is 2. The Morgan fingerprint density at radius 3 is 2.66 bits per heavy atom. The van der Waals surface area contributed by atoms with Gasteiger partial charge >= 0.3 is 0 Å². The molecule has 5 nitrogen and oxygen atoms in total. The third-order valence-electron chi connectivity index (χ3n) is 6.66. The summed E-state index contributed by atoms with van der Waals surface area (Å²) in [5.41, 5.74) is 11.6. The highest BCUT2D eigenvalue weighted by atomic mass is 16.2. The summed E-state index contributed by atoms with van der Waals surface area (Å²) < 4.78 is 0. The second-order valence-electron chi connectivity index (χ2n) is 8.77. The van der Waals surface area contributed by atoms with Crippen molar-refractivity contribution in [3.05, 3.63) is 47.6 Å². The number of hydrogen-bond acceptors (Lipinski definition) is 4. The zero-order valence-corrected chi connectivity index (χ0v) is 17.3. The largest absolute Gasteiger partial charge is 0.400 e. The lowest BCUT2D eigenvalue weighted by Crippen LogP contribution is -2.26. The monoisotopic (exact) mass is 392 g/mol. The molecule has 1 aromatic rings. The highest BCUT2D eigenvalue weighted by molar-refractivity contribution is 6.07. The molecule has 1 amide bonds. The van der Waals surface area contributed by atoms with E-state index in [-0.39, 0.29) is 5.91 Å². The summed E-state index contributed by atoms with van der Waals surface area (Å²) in [4.78, 5) is 22.1. The van der Waals surface area contributed by atoms with Crippen molar-refractivity contribution >= 4 is 17.3 Å². The van der Waals surface area contributed by atoms with E-state index in [9.17, 15) is 4.79 Å². The van der Waals surface area contributed by atoms with Crippen LogP contribution in [0.1, 0.15) is 82.1 Å². The van der Waals surface area contributed by atoms with Gasteiger partial charge in [0.15, 0.2) is 0 Å². The van der Waals surface area contributed by atoms with Crippen LogP contribution in [0.25, 0.3) is 0 Å². The molecule has 5 heteroatoms. The van der Waals surface area contributed by atoms with E-state index in [1.165, 1.54) is 43.4 Å². The number of nitrogens with one attached hydrogen (secondary N) is 1. The van der Waals surface area contributed by atoms with Gasteiger partial charge < -0.3 is 11.1 Å². The van der Waals surface area contributed by atoms with Gasteiger partial charge in [-0.3, -0.25) is 9.78 Å². The third-order valence-corrected chi connectivity index (χ3v) is 6.66. The molecule has 1 aromatic heterocycles. The van der Waals surface area contributed by atoms with Gasteiger partial charge in [0, 0.05) is 17.6 Å². The smallest absolute Gasteiger partial charge is 0.276 e. The summed E-state index contributed by atoms with van der Waals surface area (Å²) in [6, 6.07) is 2.02. The fourth-order valence-electron chi connectivity index (χ4n) is 5.04. The number of aliphatic imine (C=N–C) groups is 1. The molecule has 0 bridgehead atoms. The third kappa shape index (κ3) is 4.60. The first-order valence-electron chi connectivity index (χ1n) is 11.1. The summed E-state index contributed by atoms with van der Waals surface area (Å²) in [7, 11) is 0. The predicted octanol–water partition coefficient (Wildman–Crippen LogP) is 5.22. The standard InChI is InChI=1S/C24H32N4O/c1-16-6-5-9-18(14-16)19-12-13-26-15-22(19)28-24(29)23-20(25)10-11-21(27-23)17-7-3-2-4-8-17/h12-13,15,17-18H,1-11,14,25H2,(H,28,29). The SMILES string of the molecule is C=C1CCCC(c2ccncc2NC(=O)C2=C(N)CCC(C3CCCCC3)=N2)C1. The summed E-state index contributed by atoms with van der Waals surface area (Å²) in [6.07, 6.45) is 15.7. The molecule has 0 aromatic carbocycles. The molecule has 4 rings (SSSR count). The van der Waals surface area contributed by atoms with Gasteiger partial charge in [-0.25, -0.2) is 4.99 Å². The molecule has 0 spiro atoms. The van der Waals surface area contributed by atoms with Crippen molar-refractivity contribution in [1.82, 2.24) is 4.98 Å². The summed E-state index contributed by atoms with van der Waals surface area (Å²) in [5, 5.41) is 3.07. The Morgan fingerprint density at radius 2 is 1.86 bits per heavy atom. The van der Waals surface area contributed by atoms with Crippen molar-refractivity contribution in [2.24, 2.45) is 16.6 Å². The molecule has 0 radical (unpaired) electrons. The maximum atomic E-state index is 13.1. The number of anilines is 1. The fraction of sp³-hybridized carbons (Fsp3) is 0.542. The van der Waals surface area contributed by atoms with E-state index in [1.54, 1.807) is 12.4 Å². The summed E-state index contributed by atoms with van der Waals surface area (Å²) >= 11 is 0. The number of nitrogens with two attached hydrogens (primary N) is 1. The van der Waals surface area contributed by atoms with Crippen LogP contribution in [0, 0.1) is 5.92 Å². The normalized spacial score (nSPS) is 23.7. The molecular formula is C24H32N4O. The van der Waals surface area contributed by atoms with E-state index in [1.807, 2.05) is 6.07 Å². The minimum atomic E-state index is -0.209. The molecule has 0 saturated heterocycles. The van der Waals surface area contributed by atoms with Gasteiger partial charge in [-0.05, 0) is 74.8 Å². The van der Waals surface area contributed by atoms with Crippen LogP contribution in [-0.4, -0.2) is 16.6 Å². The topological polar surface area (TPSA) is 80.4 Å². The predicted molar refractivity (Wildman–Crippen MR) is 118 cm³/mol. The van der Waals surface area contributed by atoms with Crippen molar-refractivity contribution < 1.29 is 4.79 Å². The molecule has 3 aliphatic rings. The molecule has 154 valence electrons. The second-order valence-corrected chi connectivity index (χ2v) is 8.77. The highest BCUT2D eigenvalue weighted by Crippen LogP contribution is 2.38. The Bertz CT molecular complexity index is 848. The van der Waals surface area contributed by atoms with Crippen molar-refractivity contribution in [1.29, 1.82) is 0 Å². The maximum absolute atomic E-state index is 13.1. The zero-order chi connectivity index (χ0) is 20.2. The lowest BCUT2D eigenvalue weighted by atomic mass is 9.81. The Balaban J connectivity index is 1.53. The first kappa shape index (κ1) is 19.9. The Hall–Kier alpha value is -2.43. The van der Waals surface area contributed by atoms with Gasteiger partial charge in [-0.1, -0.05) is 31.4 Å². The minimum Gasteiger partial charge on any atom is -0.400 e. The molecular weight excluding hydrogens is 360 g/mol. The van der Waals surface area contributed by atoms with Gasteiger partial charge in [-0.2, -0.15) is 0 Å². The van der Waals surface area contributed by atoms with Crippen molar-refractivity contribution in [2.45, 2.75) is 76.5 Å². The van der Waals surface area contributed by atoms with E-state index >= 15 is 0 Å². The zero-order valence-electron chi connectivity index (χ0n) is 17.3. The first-order chi connectivity index (χ1) is 14.1. The number of amides is 1. The fourth-order valence-corrected chi connectivity index (χ4v) is 5.04. The lowest BCUT2D eigenvalue weighted by Gasteiger charge is -2.27. The van der Waals surface area contributed by atoms with E-state index < -0.39 is 0 Å². The Kier molecular flexibility index (Phi) is 6.12. The number of carbonyl (C=O) groups is 1. The molecule has 1 unspecified atom stereocenters. The van der Waals surface area contributed by atoms with E-state index in [0.717, 1.165) is 49.8 Å². The van der Waals surface area contributed by atoms with E-state index in [4.69, 9.17) is 10.7 Å². The molecule has 2 saturated carbocycles.